The van der Waals surface area contributed by atoms with Gasteiger partial charge in [-0.15, -0.1) is 0 Å². The highest BCUT2D eigenvalue weighted by atomic mass is 16.2. The SMILES string of the molecule is O=C(Nc1ccccc1)Nc1ccc(C2CCCC2)cc1. The van der Waals surface area contributed by atoms with Crippen LogP contribution in [0.5, 0.6) is 0 Å². The fraction of sp³-hybridized carbons (Fsp3) is 0.278. The number of carbonyl (C=O) groups excluding carboxylic acids is 1. The first-order valence-electron chi connectivity index (χ1n) is 7.54. The summed E-state index contributed by atoms with van der Waals surface area (Å²) in [6.07, 6.45) is 5.26. The summed E-state index contributed by atoms with van der Waals surface area (Å²) in [5, 5.41) is 5.67. The first-order chi connectivity index (χ1) is 10.3. The van der Waals surface area contributed by atoms with Gasteiger partial charge in [-0.2, -0.15) is 0 Å². The van der Waals surface area contributed by atoms with E-state index in [1.54, 1.807) is 0 Å². The van der Waals surface area contributed by atoms with E-state index in [0.717, 1.165) is 11.4 Å². The number of benzene rings is 2. The zero-order valence-corrected chi connectivity index (χ0v) is 12.0. The lowest BCUT2D eigenvalue weighted by Crippen LogP contribution is -2.19. The Labute approximate surface area is 125 Å². The Morgan fingerprint density at radius 3 is 2.00 bits per heavy atom. The molecular weight excluding hydrogens is 260 g/mol. The van der Waals surface area contributed by atoms with Gasteiger partial charge in [-0.05, 0) is 48.6 Å². The molecule has 2 aromatic carbocycles. The van der Waals surface area contributed by atoms with Gasteiger partial charge in [0.05, 0.1) is 0 Å². The zero-order chi connectivity index (χ0) is 14.5. The summed E-state index contributed by atoms with van der Waals surface area (Å²) in [6.45, 7) is 0. The van der Waals surface area contributed by atoms with Crippen LogP contribution >= 0.6 is 0 Å². The molecular formula is C18H20N2O. The van der Waals surface area contributed by atoms with E-state index in [1.807, 2.05) is 42.5 Å². The van der Waals surface area contributed by atoms with Gasteiger partial charge in [0, 0.05) is 11.4 Å². The van der Waals surface area contributed by atoms with E-state index in [-0.39, 0.29) is 6.03 Å². The summed E-state index contributed by atoms with van der Waals surface area (Å²) in [5.41, 5.74) is 3.00. The molecule has 0 spiro atoms. The van der Waals surface area contributed by atoms with Gasteiger partial charge in [-0.1, -0.05) is 43.2 Å². The molecule has 1 aliphatic carbocycles. The van der Waals surface area contributed by atoms with Crippen LogP contribution < -0.4 is 10.6 Å². The Bertz CT molecular complexity index is 586. The van der Waals surface area contributed by atoms with Crippen LogP contribution in [0.15, 0.2) is 54.6 Å². The second-order valence-corrected chi connectivity index (χ2v) is 5.55. The molecule has 3 rings (SSSR count). The molecule has 3 nitrogen and oxygen atoms in total. The molecule has 2 N–H and O–H groups in total. The lowest BCUT2D eigenvalue weighted by molar-refractivity contribution is 0.262. The Hall–Kier alpha value is -2.29. The highest BCUT2D eigenvalue weighted by Gasteiger charge is 2.16. The van der Waals surface area contributed by atoms with Crippen LogP contribution in [-0.2, 0) is 0 Å². The standard InChI is InChI=1S/C18H20N2O/c21-18(19-16-8-2-1-3-9-16)20-17-12-10-15(11-13-17)14-6-4-5-7-14/h1-3,8-14H,4-7H2,(H2,19,20,21). The monoisotopic (exact) mass is 280 g/mol. The van der Waals surface area contributed by atoms with Crippen molar-refractivity contribution in [3.05, 3.63) is 60.2 Å². The second-order valence-electron chi connectivity index (χ2n) is 5.55. The van der Waals surface area contributed by atoms with Crippen LogP contribution in [-0.4, -0.2) is 6.03 Å². The molecule has 1 fully saturated rings. The molecule has 3 heteroatoms. The van der Waals surface area contributed by atoms with Crippen molar-refractivity contribution in [3.8, 4) is 0 Å². The topological polar surface area (TPSA) is 41.1 Å². The fourth-order valence-corrected chi connectivity index (χ4v) is 2.91. The number of urea groups is 1. The maximum atomic E-state index is 11.9. The third kappa shape index (κ3) is 3.63. The highest BCUT2D eigenvalue weighted by Crippen LogP contribution is 2.34. The molecule has 1 aliphatic rings. The van der Waals surface area contributed by atoms with E-state index in [1.165, 1.54) is 31.2 Å². The largest absolute Gasteiger partial charge is 0.323 e. The first-order valence-corrected chi connectivity index (χ1v) is 7.54. The maximum absolute atomic E-state index is 11.9. The van der Waals surface area contributed by atoms with Gasteiger partial charge in [0.1, 0.15) is 0 Å². The molecule has 0 atom stereocenters. The molecule has 0 saturated heterocycles. The molecule has 1 saturated carbocycles. The minimum absolute atomic E-state index is 0.213. The van der Waals surface area contributed by atoms with Crippen LogP contribution in [0.2, 0.25) is 0 Å². The third-order valence-electron chi connectivity index (χ3n) is 4.03. The molecule has 0 unspecified atom stereocenters. The van der Waals surface area contributed by atoms with E-state index in [2.05, 4.69) is 22.8 Å². The van der Waals surface area contributed by atoms with E-state index in [4.69, 9.17) is 0 Å². The van der Waals surface area contributed by atoms with Gasteiger partial charge >= 0.3 is 6.03 Å². The second kappa shape index (κ2) is 6.44. The van der Waals surface area contributed by atoms with Gasteiger partial charge in [0.25, 0.3) is 0 Å². The number of hydrogen-bond acceptors (Lipinski definition) is 1. The van der Waals surface area contributed by atoms with Gasteiger partial charge < -0.3 is 10.6 Å². The van der Waals surface area contributed by atoms with Gasteiger partial charge in [-0.25, -0.2) is 4.79 Å². The Kier molecular flexibility index (Phi) is 4.20. The molecule has 0 bridgehead atoms. The molecule has 0 aliphatic heterocycles. The lowest BCUT2D eigenvalue weighted by atomic mass is 9.98. The van der Waals surface area contributed by atoms with E-state index < -0.39 is 0 Å². The quantitative estimate of drug-likeness (QED) is 0.817. The highest BCUT2D eigenvalue weighted by molar-refractivity contribution is 5.99. The van der Waals surface area contributed by atoms with Crippen LogP contribution in [0.4, 0.5) is 16.2 Å². The average Bonchev–Trinajstić information content (AvgIpc) is 3.03. The molecule has 108 valence electrons. The van der Waals surface area contributed by atoms with Gasteiger partial charge in [0.2, 0.25) is 0 Å². The van der Waals surface area contributed by atoms with Gasteiger partial charge in [0.15, 0.2) is 0 Å². The lowest BCUT2D eigenvalue weighted by Gasteiger charge is -2.11. The van der Waals surface area contributed by atoms with Crippen LogP contribution in [0, 0.1) is 0 Å². The third-order valence-corrected chi connectivity index (χ3v) is 4.03. The van der Waals surface area contributed by atoms with E-state index >= 15 is 0 Å². The Morgan fingerprint density at radius 2 is 1.38 bits per heavy atom. The Balaban J connectivity index is 1.58. The molecule has 2 aromatic rings. The molecule has 0 heterocycles. The van der Waals surface area contributed by atoms with Crippen molar-refractivity contribution in [1.82, 2.24) is 0 Å². The molecule has 0 aromatic heterocycles. The maximum Gasteiger partial charge on any atom is 0.323 e. The van der Waals surface area contributed by atoms with Crippen LogP contribution in [0.3, 0.4) is 0 Å². The van der Waals surface area contributed by atoms with Gasteiger partial charge in [-0.3, -0.25) is 0 Å². The first kappa shape index (κ1) is 13.7. The Morgan fingerprint density at radius 1 is 0.810 bits per heavy atom. The predicted molar refractivity (Wildman–Crippen MR) is 86.7 cm³/mol. The summed E-state index contributed by atoms with van der Waals surface area (Å²) < 4.78 is 0. The van der Waals surface area contributed by atoms with Crippen molar-refractivity contribution < 1.29 is 4.79 Å². The molecule has 21 heavy (non-hydrogen) atoms. The molecule has 0 radical (unpaired) electrons. The number of hydrogen-bond donors (Lipinski definition) is 2. The van der Waals surface area contributed by atoms with Crippen molar-refractivity contribution in [2.45, 2.75) is 31.6 Å². The van der Waals surface area contributed by atoms with Crippen molar-refractivity contribution in [2.75, 3.05) is 10.6 Å². The van der Waals surface area contributed by atoms with Crippen molar-refractivity contribution >= 4 is 17.4 Å². The smallest absolute Gasteiger partial charge is 0.308 e. The number of anilines is 2. The van der Waals surface area contributed by atoms with Crippen molar-refractivity contribution in [2.24, 2.45) is 0 Å². The predicted octanol–water partition coefficient (Wildman–Crippen LogP) is 4.99. The number of carbonyl (C=O) groups is 1. The number of para-hydroxylation sites is 1. The molecule has 2 amide bonds. The summed E-state index contributed by atoms with van der Waals surface area (Å²) in [6, 6.07) is 17.5. The average molecular weight is 280 g/mol. The zero-order valence-electron chi connectivity index (χ0n) is 12.0. The summed E-state index contributed by atoms with van der Waals surface area (Å²) in [4.78, 5) is 11.9. The fourth-order valence-electron chi connectivity index (χ4n) is 2.91. The summed E-state index contributed by atoms with van der Waals surface area (Å²) >= 11 is 0. The normalized spacial score (nSPS) is 14.9. The minimum Gasteiger partial charge on any atom is -0.308 e. The summed E-state index contributed by atoms with van der Waals surface area (Å²) in [7, 11) is 0. The minimum atomic E-state index is -0.213. The number of rotatable bonds is 3. The van der Waals surface area contributed by atoms with Crippen molar-refractivity contribution in [3.63, 3.8) is 0 Å². The van der Waals surface area contributed by atoms with Crippen LogP contribution in [0.1, 0.15) is 37.2 Å². The van der Waals surface area contributed by atoms with Crippen molar-refractivity contribution in [1.29, 1.82) is 0 Å². The van der Waals surface area contributed by atoms with E-state index in [0.29, 0.717) is 5.92 Å². The summed E-state index contributed by atoms with van der Waals surface area (Å²) in [5.74, 6) is 0.706. The number of nitrogens with one attached hydrogen (secondary N) is 2. The van der Waals surface area contributed by atoms with E-state index in [9.17, 15) is 4.79 Å². The number of amides is 2. The van der Waals surface area contributed by atoms with Crippen LogP contribution in [0.25, 0.3) is 0 Å².